The fourth-order valence-corrected chi connectivity index (χ4v) is 2.14. The van der Waals surface area contributed by atoms with Gasteiger partial charge in [0.2, 0.25) is 5.95 Å². The molecule has 0 spiro atoms. The van der Waals surface area contributed by atoms with E-state index in [2.05, 4.69) is 15.3 Å². The Morgan fingerprint density at radius 3 is 2.43 bits per heavy atom. The molecule has 118 valence electrons. The van der Waals surface area contributed by atoms with Crippen LogP contribution < -0.4 is 10.2 Å². The Labute approximate surface area is 135 Å². The number of carbonyl (C=O) groups is 1. The summed E-state index contributed by atoms with van der Waals surface area (Å²) >= 11 is 0. The Morgan fingerprint density at radius 2 is 1.87 bits per heavy atom. The van der Waals surface area contributed by atoms with E-state index in [1.54, 1.807) is 30.3 Å². The van der Waals surface area contributed by atoms with Crippen molar-refractivity contribution in [1.29, 1.82) is 5.26 Å². The highest BCUT2D eigenvalue weighted by atomic mass is 16.1. The van der Waals surface area contributed by atoms with E-state index in [0.29, 0.717) is 22.9 Å². The molecule has 0 atom stereocenters. The standard InChI is InChI=1S/C17H19N5O/c1-4-22(5-2)17-19-12(3)10-15(21-17)16(23)20-14-8-6-13(11-18)7-9-14/h6-10H,4-5H2,1-3H3,(H,20,23). The van der Waals surface area contributed by atoms with Crippen LogP contribution in [0, 0.1) is 18.3 Å². The number of anilines is 2. The highest BCUT2D eigenvalue weighted by molar-refractivity contribution is 6.03. The SMILES string of the molecule is CCN(CC)c1nc(C)cc(C(=O)Nc2ccc(C#N)cc2)n1. The molecule has 2 aromatic rings. The van der Waals surface area contributed by atoms with Crippen molar-refractivity contribution < 1.29 is 4.79 Å². The van der Waals surface area contributed by atoms with E-state index in [1.165, 1.54) is 0 Å². The van der Waals surface area contributed by atoms with Crippen LogP contribution in [0.4, 0.5) is 11.6 Å². The molecule has 0 aliphatic rings. The highest BCUT2D eigenvalue weighted by Gasteiger charge is 2.13. The number of aryl methyl sites for hydroxylation is 1. The lowest BCUT2D eigenvalue weighted by Crippen LogP contribution is -2.26. The van der Waals surface area contributed by atoms with E-state index in [-0.39, 0.29) is 5.91 Å². The van der Waals surface area contributed by atoms with Gasteiger partial charge in [0.1, 0.15) is 5.69 Å². The Morgan fingerprint density at radius 1 is 1.22 bits per heavy atom. The number of benzene rings is 1. The number of rotatable bonds is 5. The molecule has 1 aromatic carbocycles. The molecule has 1 N–H and O–H groups in total. The van der Waals surface area contributed by atoms with E-state index >= 15 is 0 Å². The number of nitrogens with one attached hydrogen (secondary N) is 1. The number of nitriles is 1. The monoisotopic (exact) mass is 309 g/mol. The maximum atomic E-state index is 12.4. The van der Waals surface area contributed by atoms with Gasteiger partial charge in [0.25, 0.3) is 5.91 Å². The molecule has 6 nitrogen and oxygen atoms in total. The zero-order valence-corrected chi connectivity index (χ0v) is 13.5. The lowest BCUT2D eigenvalue weighted by molar-refractivity contribution is 0.102. The first-order chi connectivity index (χ1) is 11.1. The van der Waals surface area contributed by atoms with Gasteiger partial charge in [-0.25, -0.2) is 9.97 Å². The summed E-state index contributed by atoms with van der Waals surface area (Å²) in [7, 11) is 0. The van der Waals surface area contributed by atoms with Crippen LogP contribution >= 0.6 is 0 Å². The first-order valence-corrected chi connectivity index (χ1v) is 7.49. The molecule has 1 amide bonds. The van der Waals surface area contributed by atoms with Crippen molar-refractivity contribution in [3.8, 4) is 6.07 Å². The van der Waals surface area contributed by atoms with Crippen molar-refractivity contribution in [3.63, 3.8) is 0 Å². The van der Waals surface area contributed by atoms with Gasteiger partial charge >= 0.3 is 0 Å². The van der Waals surface area contributed by atoms with E-state index in [4.69, 9.17) is 5.26 Å². The van der Waals surface area contributed by atoms with E-state index in [9.17, 15) is 4.79 Å². The molecule has 0 saturated heterocycles. The Bertz CT molecular complexity index is 730. The zero-order chi connectivity index (χ0) is 16.8. The van der Waals surface area contributed by atoms with Crippen LogP contribution in [0.1, 0.15) is 35.6 Å². The first-order valence-electron chi connectivity index (χ1n) is 7.49. The topological polar surface area (TPSA) is 81.9 Å². The predicted octanol–water partition coefficient (Wildman–Crippen LogP) is 2.76. The van der Waals surface area contributed by atoms with Crippen LogP contribution in [-0.2, 0) is 0 Å². The van der Waals surface area contributed by atoms with Gasteiger partial charge < -0.3 is 10.2 Å². The minimum absolute atomic E-state index is 0.298. The second-order valence-electron chi connectivity index (χ2n) is 5.01. The van der Waals surface area contributed by atoms with Crippen LogP contribution in [-0.4, -0.2) is 29.0 Å². The number of aromatic nitrogens is 2. The summed E-state index contributed by atoms with van der Waals surface area (Å²) in [6.45, 7) is 7.43. The van der Waals surface area contributed by atoms with Gasteiger partial charge in [-0.05, 0) is 51.1 Å². The molecule has 23 heavy (non-hydrogen) atoms. The minimum Gasteiger partial charge on any atom is -0.341 e. The van der Waals surface area contributed by atoms with Gasteiger partial charge in [-0.2, -0.15) is 5.26 Å². The summed E-state index contributed by atoms with van der Waals surface area (Å²) in [5.41, 5.74) is 2.23. The molecule has 0 bridgehead atoms. The summed E-state index contributed by atoms with van der Waals surface area (Å²) in [4.78, 5) is 23.1. The predicted molar refractivity (Wildman–Crippen MR) is 89.4 cm³/mol. The van der Waals surface area contributed by atoms with Crippen LogP contribution in [0.3, 0.4) is 0 Å². The molecule has 0 radical (unpaired) electrons. The lowest BCUT2D eigenvalue weighted by Gasteiger charge is -2.19. The number of hydrogen-bond acceptors (Lipinski definition) is 5. The van der Waals surface area contributed by atoms with Gasteiger partial charge in [0.15, 0.2) is 0 Å². The molecule has 0 aliphatic carbocycles. The molecule has 1 aromatic heterocycles. The van der Waals surface area contributed by atoms with Crippen LogP contribution in [0.2, 0.25) is 0 Å². The van der Waals surface area contributed by atoms with Gasteiger partial charge in [-0.15, -0.1) is 0 Å². The van der Waals surface area contributed by atoms with Crippen molar-refractivity contribution in [2.24, 2.45) is 0 Å². The fourth-order valence-electron chi connectivity index (χ4n) is 2.14. The number of amides is 1. The fraction of sp³-hybridized carbons (Fsp3) is 0.294. The molecule has 6 heteroatoms. The van der Waals surface area contributed by atoms with Crippen molar-refractivity contribution in [2.75, 3.05) is 23.3 Å². The van der Waals surface area contributed by atoms with Gasteiger partial charge in [-0.3, -0.25) is 4.79 Å². The maximum Gasteiger partial charge on any atom is 0.274 e. The van der Waals surface area contributed by atoms with Gasteiger partial charge in [0, 0.05) is 24.5 Å². The van der Waals surface area contributed by atoms with E-state index in [1.807, 2.05) is 31.7 Å². The highest BCUT2D eigenvalue weighted by Crippen LogP contribution is 2.13. The smallest absolute Gasteiger partial charge is 0.274 e. The minimum atomic E-state index is -0.298. The van der Waals surface area contributed by atoms with Crippen molar-refractivity contribution in [1.82, 2.24) is 9.97 Å². The third kappa shape index (κ3) is 4.04. The first kappa shape index (κ1) is 16.4. The molecule has 0 aliphatic heterocycles. The largest absolute Gasteiger partial charge is 0.341 e. The molecule has 2 rings (SSSR count). The zero-order valence-electron chi connectivity index (χ0n) is 13.5. The summed E-state index contributed by atoms with van der Waals surface area (Å²) in [6, 6.07) is 10.4. The van der Waals surface area contributed by atoms with Crippen LogP contribution in [0.5, 0.6) is 0 Å². The van der Waals surface area contributed by atoms with Gasteiger partial charge in [0.05, 0.1) is 11.6 Å². The summed E-state index contributed by atoms with van der Waals surface area (Å²) in [6.07, 6.45) is 0. The second kappa shape index (κ2) is 7.36. The third-order valence-electron chi connectivity index (χ3n) is 3.39. The summed E-state index contributed by atoms with van der Waals surface area (Å²) in [5.74, 6) is 0.258. The average Bonchev–Trinajstić information content (AvgIpc) is 2.56. The van der Waals surface area contributed by atoms with Crippen molar-refractivity contribution in [2.45, 2.75) is 20.8 Å². The van der Waals surface area contributed by atoms with Crippen LogP contribution in [0.15, 0.2) is 30.3 Å². The summed E-state index contributed by atoms with van der Waals surface area (Å²) < 4.78 is 0. The second-order valence-corrected chi connectivity index (χ2v) is 5.01. The molecule has 0 unspecified atom stereocenters. The summed E-state index contributed by atoms with van der Waals surface area (Å²) in [5, 5.41) is 11.6. The molecular weight excluding hydrogens is 290 g/mol. The lowest BCUT2D eigenvalue weighted by atomic mass is 10.2. The molecule has 1 heterocycles. The molecular formula is C17H19N5O. The quantitative estimate of drug-likeness (QED) is 0.918. The third-order valence-corrected chi connectivity index (χ3v) is 3.39. The Hall–Kier alpha value is -2.94. The van der Waals surface area contributed by atoms with Gasteiger partial charge in [-0.1, -0.05) is 0 Å². The number of nitrogens with zero attached hydrogens (tertiary/aromatic N) is 4. The van der Waals surface area contributed by atoms with Crippen molar-refractivity contribution in [3.05, 3.63) is 47.3 Å². The molecule has 0 saturated carbocycles. The van der Waals surface area contributed by atoms with E-state index in [0.717, 1.165) is 18.8 Å². The average molecular weight is 309 g/mol. The van der Waals surface area contributed by atoms with E-state index < -0.39 is 0 Å². The number of hydrogen-bond donors (Lipinski definition) is 1. The van der Waals surface area contributed by atoms with Crippen molar-refractivity contribution >= 4 is 17.5 Å². The molecule has 0 fully saturated rings. The Kier molecular flexibility index (Phi) is 5.26. The Balaban J connectivity index is 2.23. The van der Waals surface area contributed by atoms with Crippen LogP contribution in [0.25, 0.3) is 0 Å². The number of carbonyl (C=O) groups excluding carboxylic acids is 1. The normalized spacial score (nSPS) is 10.0. The maximum absolute atomic E-state index is 12.4.